The van der Waals surface area contributed by atoms with Crippen LogP contribution in [0.25, 0.3) is 10.2 Å². The second-order valence-corrected chi connectivity index (χ2v) is 9.95. The van der Waals surface area contributed by atoms with E-state index < -0.39 is 0 Å². The van der Waals surface area contributed by atoms with Crippen LogP contribution in [-0.2, 0) is 11.2 Å². The first-order valence-electron chi connectivity index (χ1n) is 11.1. The lowest BCUT2D eigenvalue weighted by molar-refractivity contribution is -0.0510. The smallest absolute Gasteiger partial charge is 0.131 e. The maximum atomic E-state index is 6.65. The Morgan fingerprint density at radius 1 is 1.25 bits per heavy atom. The van der Waals surface area contributed by atoms with Crippen LogP contribution >= 0.6 is 11.3 Å². The number of thiophene rings is 1. The Bertz CT molecular complexity index is 834. The first kappa shape index (κ1) is 18.8. The zero-order valence-electron chi connectivity index (χ0n) is 17.2. The number of fused-ring (bicyclic) bond motifs is 3. The molecule has 1 aliphatic heterocycles. The van der Waals surface area contributed by atoms with E-state index in [-0.39, 0.29) is 0 Å². The second-order valence-electron chi connectivity index (χ2n) is 8.86. The normalized spacial score (nSPS) is 31.2. The summed E-state index contributed by atoms with van der Waals surface area (Å²) in [5, 5.41) is 1.31. The number of rotatable bonds is 4. The van der Waals surface area contributed by atoms with Crippen LogP contribution in [0.15, 0.2) is 12.3 Å². The first-order chi connectivity index (χ1) is 13.7. The molecule has 4 nitrogen and oxygen atoms in total. The van der Waals surface area contributed by atoms with Gasteiger partial charge in [0.05, 0.1) is 24.7 Å². The molecule has 3 heterocycles. The minimum absolute atomic E-state index is 0.332. The van der Waals surface area contributed by atoms with Gasteiger partial charge in [-0.2, -0.15) is 0 Å². The topological polar surface area (TPSA) is 34.6 Å². The Balaban J connectivity index is 1.33. The number of hydrogen-bond donors (Lipinski definition) is 0. The monoisotopic (exact) mass is 400 g/mol. The molecule has 1 saturated carbocycles. The van der Waals surface area contributed by atoms with Gasteiger partial charge in [-0.3, -0.25) is 4.90 Å². The molecule has 5 heteroatoms. The summed E-state index contributed by atoms with van der Waals surface area (Å²) in [4.78, 5) is 10.1. The van der Waals surface area contributed by atoms with Gasteiger partial charge in [-0.1, -0.05) is 13.8 Å². The SMILES string of the molecule is CC[C@]1(N2CCOCC2)CC[C@H](Oc2ccnc3sc4c(c23)[C@@H](C)CC4)CC1. The van der Waals surface area contributed by atoms with Gasteiger partial charge >= 0.3 is 0 Å². The van der Waals surface area contributed by atoms with Crippen molar-refractivity contribution in [2.45, 2.75) is 76.4 Å². The van der Waals surface area contributed by atoms with E-state index in [1.54, 1.807) is 0 Å². The summed E-state index contributed by atoms with van der Waals surface area (Å²) in [6.07, 6.45) is 10.7. The maximum Gasteiger partial charge on any atom is 0.131 e. The van der Waals surface area contributed by atoms with Gasteiger partial charge in [0.15, 0.2) is 0 Å². The molecule has 0 amide bonds. The average Bonchev–Trinajstić information content (AvgIpc) is 3.29. The predicted molar refractivity (Wildman–Crippen MR) is 115 cm³/mol. The molecule has 5 rings (SSSR count). The number of ether oxygens (including phenoxy) is 2. The first-order valence-corrected chi connectivity index (χ1v) is 11.9. The molecule has 0 bridgehead atoms. The Morgan fingerprint density at radius 2 is 2.04 bits per heavy atom. The van der Waals surface area contributed by atoms with Crippen LogP contribution in [0.5, 0.6) is 5.75 Å². The molecule has 2 fully saturated rings. The van der Waals surface area contributed by atoms with Crippen molar-refractivity contribution in [1.29, 1.82) is 0 Å². The Kier molecular flexibility index (Phi) is 5.10. The molecular formula is C23H32N2O2S. The Labute approximate surface area is 172 Å². The highest BCUT2D eigenvalue weighted by atomic mass is 32.1. The lowest BCUT2D eigenvalue weighted by Gasteiger charge is -2.49. The van der Waals surface area contributed by atoms with Gasteiger partial charge in [-0.05, 0) is 62.5 Å². The quantitative estimate of drug-likeness (QED) is 0.711. The van der Waals surface area contributed by atoms with Crippen LogP contribution in [0.1, 0.15) is 68.7 Å². The zero-order valence-corrected chi connectivity index (χ0v) is 18.0. The number of aromatic nitrogens is 1. The molecule has 152 valence electrons. The van der Waals surface area contributed by atoms with Gasteiger partial charge < -0.3 is 9.47 Å². The molecule has 0 unspecified atom stereocenters. The Morgan fingerprint density at radius 3 is 2.79 bits per heavy atom. The van der Waals surface area contributed by atoms with Gasteiger partial charge in [-0.25, -0.2) is 4.98 Å². The number of morpholine rings is 1. The van der Waals surface area contributed by atoms with Crippen molar-refractivity contribution in [1.82, 2.24) is 9.88 Å². The van der Waals surface area contributed by atoms with Crippen molar-refractivity contribution in [2.24, 2.45) is 0 Å². The summed E-state index contributed by atoms with van der Waals surface area (Å²) < 4.78 is 12.2. The fourth-order valence-corrected chi connectivity index (χ4v) is 7.01. The summed E-state index contributed by atoms with van der Waals surface area (Å²) in [6, 6.07) is 2.10. The van der Waals surface area contributed by atoms with Crippen LogP contribution in [0.3, 0.4) is 0 Å². The van der Waals surface area contributed by atoms with E-state index in [4.69, 9.17) is 9.47 Å². The molecule has 1 atom stereocenters. The highest BCUT2D eigenvalue weighted by Gasteiger charge is 2.40. The van der Waals surface area contributed by atoms with Crippen LogP contribution in [0.4, 0.5) is 0 Å². The van der Waals surface area contributed by atoms with Gasteiger partial charge in [0, 0.05) is 29.7 Å². The van der Waals surface area contributed by atoms with Gasteiger partial charge in [0.25, 0.3) is 0 Å². The molecular weight excluding hydrogens is 368 g/mol. The lowest BCUT2D eigenvalue weighted by atomic mass is 9.77. The van der Waals surface area contributed by atoms with Crippen molar-refractivity contribution in [3.8, 4) is 5.75 Å². The molecule has 3 aliphatic rings. The van der Waals surface area contributed by atoms with Crippen molar-refractivity contribution >= 4 is 21.6 Å². The average molecular weight is 401 g/mol. The Hall–Kier alpha value is -1.17. The van der Waals surface area contributed by atoms with E-state index in [1.165, 1.54) is 52.8 Å². The van der Waals surface area contributed by atoms with E-state index in [0.717, 1.165) is 44.9 Å². The minimum Gasteiger partial charge on any atom is -0.490 e. The highest BCUT2D eigenvalue weighted by Crippen LogP contribution is 2.47. The van der Waals surface area contributed by atoms with E-state index >= 15 is 0 Å². The lowest BCUT2D eigenvalue weighted by Crippen LogP contribution is -2.55. The summed E-state index contributed by atoms with van der Waals surface area (Å²) in [7, 11) is 0. The summed E-state index contributed by atoms with van der Waals surface area (Å²) in [5.74, 6) is 1.72. The molecule has 2 aromatic rings. The summed E-state index contributed by atoms with van der Waals surface area (Å²) >= 11 is 1.88. The van der Waals surface area contributed by atoms with Crippen LogP contribution in [0, 0.1) is 0 Å². The van der Waals surface area contributed by atoms with Crippen LogP contribution < -0.4 is 4.74 Å². The van der Waals surface area contributed by atoms with Crippen molar-refractivity contribution in [3.05, 3.63) is 22.7 Å². The minimum atomic E-state index is 0.332. The predicted octanol–water partition coefficient (Wildman–Crippen LogP) is 5.15. The third kappa shape index (κ3) is 3.16. The molecule has 28 heavy (non-hydrogen) atoms. The zero-order chi connectivity index (χ0) is 19.1. The molecule has 2 aliphatic carbocycles. The molecule has 0 N–H and O–H groups in total. The number of nitrogens with zero attached hydrogens (tertiary/aromatic N) is 2. The number of pyridine rings is 1. The van der Waals surface area contributed by atoms with E-state index in [0.29, 0.717) is 17.6 Å². The van der Waals surface area contributed by atoms with Crippen LogP contribution in [-0.4, -0.2) is 47.8 Å². The largest absolute Gasteiger partial charge is 0.490 e. The number of hydrogen-bond acceptors (Lipinski definition) is 5. The molecule has 2 aromatic heterocycles. The van der Waals surface area contributed by atoms with E-state index in [9.17, 15) is 0 Å². The molecule has 1 saturated heterocycles. The summed E-state index contributed by atoms with van der Waals surface area (Å²) in [5.41, 5.74) is 1.88. The fraction of sp³-hybridized carbons (Fsp3) is 0.696. The fourth-order valence-electron chi connectivity index (χ4n) is 5.72. The molecule has 0 aromatic carbocycles. The molecule has 0 radical (unpaired) electrons. The van der Waals surface area contributed by atoms with Crippen LogP contribution in [0.2, 0.25) is 0 Å². The van der Waals surface area contributed by atoms with E-state index in [1.807, 2.05) is 17.5 Å². The second kappa shape index (κ2) is 7.58. The van der Waals surface area contributed by atoms with Crippen molar-refractivity contribution < 1.29 is 9.47 Å². The van der Waals surface area contributed by atoms with Gasteiger partial charge in [0.2, 0.25) is 0 Å². The van der Waals surface area contributed by atoms with Crippen molar-refractivity contribution in [3.63, 3.8) is 0 Å². The standard InChI is InChI=1S/C23H32N2O2S/c1-3-23(25-12-14-26-15-13-25)9-6-17(7-10-23)27-18-8-11-24-22-21(18)20-16(2)4-5-19(20)28-22/h8,11,16-17H,3-7,9-10,12-15H2,1-2H3/t16-,17-,23-/m0/s1. The highest BCUT2D eigenvalue weighted by molar-refractivity contribution is 7.19. The van der Waals surface area contributed by atoms with Crippen molar-refractivity contribution in [2.75, 3.05) is 26.3 Å². The molecule has 0 spiro atoms. The van der Waals surface area contributed by atoms with Gasteiger partial charge in [0.1, 0.15) is 10.6 Å². The van der Waals surface area contributed by atoms with Gasteiger partial charge in [-0.15, -0.1) is 11.3 Å². The maximum absolute atomic E-state index is 6.65. The van der Waals surface area contributed by atoms with E-state index in [2.05, 4.69) is 29.8 Å². The number of aryl methyl sites for hydroxylation is 1. The third-order valence-electron chi connectivity index (χ3n) is 7.46. The summed E-state index contributed by atoms with van der Waals surface area (Å²) in [6.45, 7) is 8.66. The third-order valence-corrected chi connectivity index (χ3v) is 8.64.